The summed E-state index contributed by atoms with van der Waals surface area (Å²) in [4.78, 5) is 35.2. The molecule has 0 radical (unpaired) electrons. The maximum Gasteiger partial charge on any atom is 0.306 e. The highest BCUT2D eigenvalue weighted by Gasteiger charge is 2.49. The van der Waals surface area contributed by atoms with Gasteiger partial charge in [-0.15, -0.1) is 22.7 Å². The topological polar surface area (TPSA) is 104 Å². The molecule has 3 saturated heterocycles. The third-order valence-corrected chi connectivity index (χ3v) is 8.83. The van der Waals surface area contributed by atoms with E-state index >= 15 is 0 Å². The van der Waals surface area contributed by atoms with Gasteiger partial charge in [0.05, 0.1) is 37.1 Å². The number of carbonyl (C=O) groups excluding carboxylic acids is 2. The van der Waals surface area contributed by atoms with Crippen molar-refractivity contribution >= 4 is 34.6 Å². The van der Waals surface area contributed by atoms with Crippen molar-refractivity contribution in [3.63, 3.8) is 0 Å². The van der Waals surface area contributed by atoms with Crippen LogP contribution in [0, 0.1) is 5.92 Å². The van der Waals surface area contributed by atoms with Crippen molar-refractivity contribution in [1.29, 1.82) is 0 Å². The Labute approximate surface area is 205 Å². The summed E-state index contributed by atoms with van der Waals surface area (Å²) in [6.07, 6.45) is 6.20. The van der Waals surface area contributed by atoms with Crippen LogP contribution in [-0.2, 0) is 26.5 Å². The predicted molar refractivity (Wildman–Crippen MR) is 126 cm³/mol. The van der Waals surface area contributed by atoms with E-state index in [0.29, 0.717) is 39.6 Å². The number of fused-ring (bicyclic) bond motifs is 3. The van der Waals surface area contributed by atoms with Gasteiger partial charge in [0.25, 0.3) is 5.91 Å². The quantitative estimate of drug-likeness (QED) is 0.374. The molecule has 0 aliphatic carbocycles. The largest absolute Gasteiger partial charge is 0.833 e. The van der Waals surface area contributed by atoms with Crippen LogP contribution in [0.15, 0.2) is 53.6 Å². The standard InChI is InChI=1S/C24H26N4O4S2/c29-22(27-14-18-13-25-7-8-26-18)16-28-9-5-17(6-10-28)19(15-28)32-23(30)24(31,20-3-1-11-33-20)21-4-2-12-34-21/h1-4,7-8,11-13,17,19H,5-6,9-10,14-16H2,(H,27,29). The maximum atomic E-state index is 14.0. The van der Waals surface area contributed by atoms with Crippen LogP contribution in [0.25, 0.3) is 0 Å². The van der Waals surface area contributed by atoms with Crippen LogP contribution in [0.3, 0.4) is 0 Å². The molecule has 34 heavy (non-hydrogen) atoms. The number of hydrogen-bond acceptors (Lipinski definition) is 8. The lowest BCUT2D eigenvalue weighted by Crippen LogP contribution is -2.67. The highest BCUT2D eigenvalue weighted by Crippen LogP contribution is 2.39. The van der Waals surface area contributed by atoms with Crippen molar-refractivity contribution < 1.29 is 23.9 Å². The average molecular weight is 499 g/mol. The fraction of sp³-hybridized carbons (Fsp3) is 0.417. The molecule has 3 fully saturated rings. The van der Waals surface area contributed by atoms with E-state index in [0.717, 1.165) is 25.9 Å². The van der Waals surface area contributed by atoms with Crippen LogP contribution in [0.2, 0.25) is 0 Å². The van der Waals surface area contributed by atoms with E-state index in [1.807, 2.05) is 0 Å². The Kier molecular flexibility index (Phi) is 6.48. The first-order valence-corrected chi connectivity index (χ1v) is 13.1. The highest BCUT2D eigenvalue weighted by molar-refractivity contribution is 7.12. The lowest BCUT2D eigenvalue weighted by Gasteiger charge is -2.52. The van der Waals surface area contributed by atoms with Gasteiger partial charge in [0, 0.05) is 40.9 Å². The zero-order chi connectivity index (χ0) is 23.6. The molecule has 3 aliphatic rings. The molecule has 6 rings (SSSR count). The molecule has 3 aromatic heterocycles. The normalized spacial score (nSPS) is 24.0. The molecule has 3 aliphatic heterocycles. The summed E-state index contributed by atoms with van der Waals surface area (Å²) in [5.74, 6) is -0.588. The minimum Gasteiger partial charge on any atom is -0.833 e. The third-order valence-electron chi connectivity index (χ3n) is 6.89. The van der Waals surface area contributed by atoms with Crippen molar-refractivity contribution in [2.24, 2.45) is 5.92 Å². The SMILES string of the molecule is O=C(C[N+]12CCC(CC1)C(OC(=O)C([O-])(c1cccs1)c1cccs1)C2)NCc1cnccn1. The zero-order valence-corrected chi connectivity index (χ0v) is 20.2. The summed E-state index contributed by atoms with van der Waals surface area (Å²) in [6, 6.07) is 6.96. The summed E-state index contributed by atoms with van der Waals surface area (Å²) >= 11 is 2.54. The molecule has 10 heteroatoms. The summed E-state index contributed by atoms with van der Waals surface area (Å²) in [7, 11) is 0. The third kappa shape index (κ3) is 4.50. The lowest BCUT2D eigenvalue weighted by molar-refractivity contribution is -0.939. The van der Waals surface area contributed by atoms with Crippen molar-refractivity contribution in [2.45, 2.75) is 31.1 Å². The molecule has 178 valence electrons. The van der Waals surface area contributed by atoms with E-state index in [1.54, 1.807) is 53.6 Å². The number of hydrogen-bond donors (Lipinski definition) is 1. The van der Waals surface area contributed by atoms with Gasteiger partial charge in [-0.05, 0) is 22.9 Å². The monoisotopic (exact) mass is 498 g/mol. The first-order valence-electron chi connectivity index (χ1n) is 11.3. The number of nitrogens with one attached hydrogen (secondary N) is 1. The molecule has 6 heterocycles. The molecular formula is C24H26N4O4S2. The number of carbonyl (C=O) groups is 2. The fourth-order valence-corrected chi connectivity index (χ4v) is 6.75. The Bertz CT molecular complexity index is 1080. The Morgan fingerprint density at radius 1 is 1.15 bits per heavy atom. The number of ether oxygens (including phenoxy) is 1. The molecule has 2 bridgehead atoms. The molecule has 1 amide bonds. The number of piperidine rings is 3. The second-order valence-electron chi connectivity index (χ2n) is 9.02. The van der Waals surface area contributed by atoms with E-state index in [-0.39, 0.29) is 17.9 Å². The van der Waals surface area contributed by atoms with Crippen molar-refractivity contribution in [3.05, 3.63) is 69.1 Å². The molecule has 1 atom stereocenters. The van der Waals surface area contributed by atoms with Crippen LogP contribution in [-0.4, -0.2) is 58.6 Å². The van der Waals surface area contributed by atoms with Gasteiger partial charge in [-0.2, -0.15) is 0 Å². The van der Waals surface area contributed by atoms with Gasteiger partial charge < -0.3 is 19.6 Å². The van der Waals surface area contributed by atoms with E-state index in [4.69, 9.17) is 4.74 Å². The van der Waals surface area contributed by atoms with E-state index in [9.17, 15) is 14.7 Å². The molecule has 0 saturated carbocycles. The van der Waals surface area contributed by atoms with Gasteiger partial charge in [0.2, 0.25) is 0 Å². The average Bonchev–Trinajstić information content (AvgIpc) is 3.59. The van der Waals surface area contributed by atoms with E-state index < -0.39 is 11.6 Å². The molecule has 1 unspecified atom stereocenters. The van der Waals surface area contributed by atoms with Crippen LogP contribution in [0.5, 0.6) is 0 Å². The second-order valence-corrected chi connectivity index (χ2v) is 10.9. The van der Waals surface area contributed by atoms with Crippen LogP contribution in [0.1, 0.15) is 28.3 Å². The van der Waals surface area contributed by atoms with Crippen molar-refractivity contribution in [1.82, 2.24) is 15.3 Å². The predicted octanol–water partition coefficient (Wildman–Crippen LogP) is 1.67. The van der Waals surface area contributed by atoms with Gasteiger partial charge in [-0.3, -0.25) is 19.6 Å². The fourth-order valence-electron chi connectivity index (χ4n) is 5.05. The summed E-state index contributed by atoms with van der Waals surface area (Å²) in [6.45, 7) is 2.94. The summed E-state index contributed by atoms with van der Waals surface area (Å²) < 4.78 is 6.54. The molecule has 0 spiro atoms. The number of aromatic nitrogens is 2. The Morgan fingerprint density at radius 3 is 2.44 bits per heavy atom. The van der Waals surface area contributed by atoms with Crippen molar-refractivity contribution in [3.8, 4) is 0 Å². The second kappa shape index (κ2) is 9.53. The molecule has 0 aromatic carbocycles. The van der Waals surface area contributed by atoms with E-state index in [1.165, 1.54) is 22.7 Å². The summed E-state index contributed by atoms with van der Waals surface area (Å²) in [5, 5.41) is 20.5. The molecule has 8 nitrogen and oxygen atoms in total. The van der Waals surface area contributed by atoms with Gasteiger partial charge >= 0.3 is 5.97 Å². The number of quaternary nitrogens is 1. The Morgan fingerprint density at radius 2 is 1.85 bits per heavy atom. The zero-order valence-electron chi connectivity index (χ0n) is 18.6. The Balaban J connectivity index is 1.27. The first kappa shape index (κ1) is 23.1. The van der Waals surface area contributed by atoms with Crippen LogP contribution >= 0.6 is 22.7 Å². The molecular weight excluding hydrogens is 472 g/mol. The van der Waals surface area contributed by atoms with Gasteiger partial charge in [-0.25, -0.2) is 0 Å². The van der Waals surface area contributed by atoms with Gasteiger partial charge in [-0.1, -0.05) is 12.1 Å². The minimum atomic E-state index is -2.06. The minimum absolute atomic E-state index is 0.0635. The van der Waals surface area contributed by atoms with Crippen LogP contribution in [0.4, 0.5) is 0 Å². The first-order chi connectivity index (χ1) is 16.5. The van der Waals surface area contributed by atoms with Crippen molar-refractivity contribution in [2.75, 3.05) is 26.2 Å². The maximum absolute atomic E-state index is 14.0. The number of amides is 1. The molecule has 1 N–H and O–H groups in total. The van der Waals surface area contributed by atoms with Gasteiger partial charge in [0.1, 0.15) is 6.54 Å². The number of thiophene rings is 2. The van der Waals surface area contributed by atoms with E-state index in [2.05, 4.69) is 15.3 Å². The number of esters is 1. The lowest BCUT2D eigenvalue weighted by atomic mass is 9.83. The van der Waals surface area contributed by atoms with Gasteiger partial charge in [0.15, 0.2) is 12.6 Å². The number of rotatable bonds is 8. The number of nitrogens with zero attached hydrogens (tertiary/aromatic N) is 3. The Hall–Kier alpha value is -2.66. The molecule has 3 aromatic rings. The summed E-state index contributed by atoms with van der Waals surface area (Å²) in [5.41, 5.74) is -1.36. The smallest absolute Gasteiger partial charge is 0.306 e. The highest BCUT2D eigenvalue weighted by atomic mass is 32.1. The van der Waals surface area contributed by atoms with Crippen LogP contribution < -0.4 is 10.4 Å².